The van der Waals surface area contributed by atoms with Crippen molar-refractivity contribution < 1.29 is 0 Å². The van der Waals surface area contributed by atoms with Gasteiger partial charge in [0, 0.05) is 12.6 Å². The zero-order valence-electron chi connectivity index (χ0n) is 12.6. The van der Waals surface area contributed by atoms with Crippen LogP contribution in [0.3, 0.4) is 0 Å². The van der Waals surface area contributed by atoms with E-state index in [2.05, 4.69) is 41.9 Å². The second kappa shape index (κ2) is 8.42. The molecule has 0 amide bonds. The van der Waals surface area contributed by atoms with Crippen LogP contribution < -0.4 is 21.5 Å². The van der Waals surface area contributed by atoms with Crippen molar-refractivity contribution in [2.24, 2.45) is 11.8 Å². The Labute approximate surface area is 133 Å². The first-order valence-electron chi connectivity index (χ1n) is 7.15. The minimum Gasteiger partial charge on any atom is -0.358 e. The van der Waals surface area contributed by atoms with E-state index in [-0.39, 0.29) is 0 Å². The average molecular weight is 315 g/mol. The van der Waals surface area contributed by atoms with E-state index in [1.54, 1.807) is 0 Å². The molecule has 20 heavy (non-hydrogen) atoms. The summed E-state index contributed by atoms with van der Waals surface area (Å²) in [6.07, 6.45) is 3.75. The van der Waals surface area contributed by atoms with Gasteiger partial charge in [0.05, 0.1) is 0 Å². The number of rotatable bonds is 3. The molecule has 114 valence electrons. The molecule has 0 unspecified atom stereocenters. The zero-order chi connectivity index (χ0) is 15.1. The molecular formula is C14H26N4S2. The van der Waals surface area contributed by atoms with Crippen LogP contribution in [0.5, 0.6) is 0 Å². The minimum absolute atomic E-state index is 0.442. The molecular weight excluding hydrogens is 288 g/mol. The average Bonchev–Trinajstić information content (AvgIpc) is 2.39. The highest BCUT2D eigenvalue weighted by Gasteiger charge is 2.27. The van der Waals surface area contributed by atoms with E-state index in [4.69, 9.17) is 24.4 Å². The quantitative estimate of drug-likeness (QED) is 0.364. The molecule has 0 bridgehead atoms. The molecule has 4 nitrogen and oxygen atoms in total. The highest BCUT2D eigenvalue weighted by molar-refractivity contribution is 7.80. The standard InChI is InChI=1S/C14H26N4S2/c1-9(2)8-15-13(19)17-18-14(20)16-12-7-5-6-10(3)11(12)4/h10-12H,1,5-8H2,2-4H3,(H2,15,17,19)(H2,16,18,20)/t10-,11-,12+/m1/s1. The summed E-state index contributed by atoms with van der Waals surface area (Å²) in [5.41, 5.74) is 6.83. The maximum atomic E-state index is 5.29. The fourth-order valence-electron chi connectivity index (χ4n) is 2.38. The number of thiocarbonyl (C=S) groups is 2. The van der Waals surface area contributed by atoms with Crippen molar-refractivity contribution in [2.45, 2.75) is 46.1 Å². The Hall–Kier alpha value is -0.880. The summed E-state index contributed by atoms with van der Waals surface area (Å²) in [6, 6.07) is 0.442. The van der Waals surface area contributed by atoms with Gasteiger partial charge in [-0.2, -0.15) is 0 Å². The number of nitrogens with one attached hydrogen (secondary N) is 4. The second-order valence-electron chi connectivity index (χ2n) is 5.74. The highest BCUT2D eigenvalue weighted by atomic mass is 32.1. The van der Waals surface area contributed by atoms with Crippen LogP contribution in [0.15, 0.2) is 12.2 Å². The largest absolute Gasteiger partial charge is 0.358 e. The smallest absolute Gasteiger partial charge is 0.185 e. The van der Waals surface area contributed by atoms with Crippen LogP contribution >= 0.6 is 24.4 Å². The summed E-state index contributed by atoms with van der Waals surface area (Å²) >= 11 is 10.4. The predicted octanol–water partition coefficient (Wildman–Crippen LogP) is 2.23. The third kappa shape index (κ3) is 6.05. The first kappa shape index (κ1) is 17.2. The molecule has 4 N–H and O–H groups in total. The maximum absolute atomic E-state index is 5.29. The van der Waals surface area contributed by atoms with E-state index in [1.807, 2.05) is 6.92 Å². The van der Waals surface area contributed by atoms with E-state index < -0.39 is 0 Å². The molecule has 0 heterocycles. The van der Waals surface area contributed by atoms with Gasteiger partial charge in [-0.15, -0.1) is 0 Å². The van der Waals surface area contributed by atoms with E-state index in [0.717, 1.165) is 11.5 Å². The van der Waals surface area contributed by atoms with Gasteiger partial charge in [0.25, 0.3) is 0 Å². The lowest BCUT2D eigenvalue weighted by molar-refractivity contribution is 0.224. The Kier molecular flexibility index (Phi) is 7.23. The molecule has 1 aliphatic rings. The summed E-state index contributed by atoms with van der Waals surface area (Å²) in [5, 5.41) is 7.51. The van der Waals surface area contributed by atoms with Crippen LogP contribution in [0.4, 0.5) is 0 Å². The topological polar surface area (TPSA) is 48.1 Å². The van der Waals surface area contributed by atoms with Crippen molar-refractivity contribution in [2.75, 3.05) is 6.54 Å². The Morgan fingerprint density at radius 1 is 1.15 bits per heavy atom. The first-order valence-corrected chi connectivity index (χ1v) is 7.96. The Balaban J connectivity index is 2.26. The zero-order valence-corrected chi connectivity index (χ0v) is 14.2. The van der Waals surface area contributed by atoms with Gasteiger partial charge in [-0.25, -0.2) is 0 Å². The van der Waals surface area contributed by atoms with Crippen molar-refractivity contribution in [3.05, 3.63) is 12.2 Å². The highest BCUT2D eigenvalue weighted by Crippen LogP contribution is 2.29. The summed E-state index contributed by atoms with van der Waals surface area (Å²) in [7, 11) is 0. The molecule has 1 saturated carbocycles. The second-order valence-corrected chi connectivity index (χ2v) is 6.55. The Bertz CT molecular complexity index is 370. The molecule has 6 heteroatoms. The van der Waals surface area contributed by atoms with Gasteiger partial charge in [0.1, 0.15) is 0 Å². The van der Waals surface area contributed by atoms with Crippen molar-refractivity contribution in [1.82, 2.24) is 21.5 Å². The first-order chi connectivity index (χ1) is 9.40. The minimum atomic E-state index is 0.442. The molecule has 1 rings (SSSR count). The Morgan fingerprint density at radius 2 is 1.80 bits per heavy atom. The van der Waals surface area contributed by atoms with Gasteiger partial charge in [0.15, 0.2) is 10.2 Å². The molecule has 0 radical (unpaired) electrons. The van der Waals surface area contributed by atoms with Gasteiger partial charge in [-0.1, -0.05) is 38.8 Å². The van der Waals surface area contributed by atoms with Crippen LogP contribution in [0.2, 0.25) is 0 Å². The molecule has 3 atom stereocenters. The molecule has 0 saturated heterocycles. The van der Waals surface area contributed by atoms with Gasteiger partial charge in [-0.05, 0) is 49.6 Å². The lowest BCUT2D eigenvalue weighted by atomic mass is 9.78. The number of hydrogen-bond donors (Lipinski definition) is 4. The van der Waals surface area contributed by atoms with Crippen LogP contribution in [0, 0.1) is 11.8 Å². The molecule has 0 aromatic rings. The molecule has 0 spiro atoms. The summed E-state index contributed by atoms with van der Waals surface area (Å²) in [6.45, 7) is 11.0. The third-order valence-corrected chi connectivity index (χ3v) is 4.33. The van der Waals surface area contributed by atoms with Gasteiger partial charge >= 0.3 is 0 Å². The number of hydrazine groups is 1. The number of hydrogen-bond acceptors (Lipinski definition) is 2. The monoisotopic (exact) mass is 314 g/mol. The van der Waals surface area contributed by atoms with Crippen LogP contribution in [0.25, 0.3) is 0 Å². The molecule has 0 aromatic carbocycles. The van der Waals surface area contributed by atoms with Gasteiger partial charge in [-0.3, -0.25) is 10.9 Å². The third-order valence-electron chi connectivity index (χ3n) is 3.86. The van der Waals surface area contributed by atoms with Crippen LogP contribution in [-0.2, 0) is 0 Å². The van der Waals surface area contributed by atoms with Crippen LogP contribution in [-0.4, -0.2) is 22.8 Å². The van der Waals surface area contributed by atoms with Crippen molar-refractivity contribution in [3.63, 3.8) is 0 Å². The predicted molar refractivity (Wildman–Crippen MR) is 93.4 cm³/mol. The summed E-state index contributed by atoms with van der Waals surface area (Å²) in [5.74, 6) is 1.38. The Morgan fingerprint density at radius 3 is 2.45 bits per heavy atom. The molecule has 0 aliphatic heterocycles. The van der Waals surface area contributed by atoms with E-state index in [1.165, 1.54) is 19.3 Å². The molecule has 1 fully saturated rings. The van der Waals surface area contributed by atoms with Crippen LogP contribution in [0.1, 0.15) is 40.0 Å². The lowest BCUT2D eigenvalue weighted by Crippen LogP contribution is -2.54. The van der Waals surface area contributed by atoms with Crippen molar-refractivity contribution in [1.29, 1.82) is 0 Å². The normalized spacial score (nSPS) is 25.4. The van der Waals surface area contributed by atoms with Gasteiger partial charge < -0.3 is 10.6 Å². The lowest BCUT2D eigenvalue weighted by Gasteiger charge is -2.35. The SMILES string of the molecule is C=C(C)CNC(=S)NNC(=S)N[C@H]1CCC[C@@H](C)[C@H]1C. The fraction of sp³-hybridized carbons (Fsp3) is 0.714. The van der Waals surface area contributed by atoms with E-state index >= 15 is 0 Å². The summed E-state index contributed by atoms with van der Waals surface area (Å²) < 4.78 is 0. The van der Waals surface area contributed by atoms with Crippen molar-refractivity contribution in [3.8, 4) is 0 Å². The molecule has 0 aromatic heterocycles. The van der Waals surface area contributed by atoms with E-state index in [0.29, 0.717) is 28.7 Å². The molecule has 1 aliphatic carbocycles. The maximum Gasteiger partial charge on any atom is 0.185 e. The van der Waals surface area contributed by atoms with E-state index in [9.17, 15) is 0 Å². The summed E-state index contributed by atoms with van der Waals surface area (Å²) in [4.78, 5) is 0. The fourth-order valence-corrected chi connectivity index (χ4v) is 2.70. The van der Waals surface area contributed by atoms with Crippen molar-refractivity contribution >= 4 is 34.7 Å². The van der Waals surface area contributed by atoms with Gasteiger partial charge in [0.2, 0.25) is 0 Å².